The molecule has 0 saturated carbocycles. The van der Waals surface area contributed by atoms with Gasteiger partial charge in [-0.1, -0.05) is 64.5 Å². The van der Waals surface area contributed by atoms with Crippen LogP contribution in [0.5, 0.6) is 0 Å². The molecule has 0 aliphatic heterocycles. The third kappa shape index (κ3) is 3.25. The number of benzene rings is 2. The van der Waals surface area contributed by atoms with Gasteiger partial charge in [-0.2, -0.15) is 4.68 Å². The molecule has 0 radical (unpaired) electrons. The molecule has 0 N–H and O–H groups in total. The topological polar surface area (TPSA) is 56.5 Å². The second kappa shape index (κ2) is 6.64. The van der Waals surface area contributed by atoms with Crippen LogP contribution in [0, 0.1) is 13.8 Å². The first-order valence-electron chi connectivity index (χ1n) is 8.02. The molecule has 0 fully saturated rings. The van der Waals surface area contributed by atoms with Crippen LogP contribution in [0.2, 0.25) is 0 Å². The van der Waals surface area contributed by atoms with Gasteiger partial charge in [0.05, 0.1) is 5.69 Å². The Bertz CT molecular complexity index is 1010. The van der Waals surface area contributed by atoms with Crippen molar-refractivity contribution >= 4 is 22.9 Å². The second-order valence-electron chi connectivity index (χ2n) is 5.96. The molecule has 0 aliphatic carbocycles. The van der Waals surface area contributed by atoms with Gasteiger partial charge >= 0.3 is 0 Å². The number of fused-ring (bicyclic) bond motifs is 1. The summed E-state index contributed by atoms with van der Waals surface area (Å²) in [6.45, 7) is 4.15. The van der Waals surface area contributed by atoms with Crippen LogP contribution >= 0.6 is 11.8 Å². The fourth-order valence-electron chi connectivity index (χ4n) is 2.53. The molecule has 0 unspecified atom stereocenters. The third-order valence-corrected chi connectivity index (χ3v) is 5.03. The van der Waals surface area contributed by atoms with Crippen molar-refractivity contribution in [1.29, 1.82) is 0 Å². The molecule has 25 heavy (non-hydrogen) atoms. The van der Waals surface area contributed by atoms with E-state index in [1.165, 1.54) is 16.7 Å². The molecular formula is C19H17N5S. The molecule has 0 amide bonds. The summed E-state index contributed by atoms with van der Waals surface area (Å²) < 4.78 is 1.76. The van der Waals surface area contributed by atoms with Crippen LogP contribution in [0.4, 0.5) is 0 Å². The van der Waals surface area contributed by atoms with Crippen molar-refractivity contribution in [1.82, 2.24) is 25.0 Å². The van der Waals surface area contributed by atoms with Crippen LogP contribution in [-0.4, -0.2) is 25.0 Å². The van der Waals surface area contributed by atoms with Gasteiger partial charge in [-0.3, -0.25) is 0 Å². The average molecular weight is 347 g/mol. The van der Waals surface area contributed by atoms with Crippen LogP contribution < -0.4 is 0 Å². The summed E-state index contributed by atoms with van der Waals surface area (Å²) in [5.74, 6) is 0.837. The average Bonchev–Trinajstić information content (AvgIpc) is 3.07. The Morgan fingerprint density at radius 2 is 1.56 bits per heavy atom. The summed E-state index contributed by atoms with van der Waals surface area (Å²) >= 11 is 1.65. The molecule has 4 aromatic rings. The van der Waals surface area contributed by atoms with E-state index in [9.17, 15) is 0 Å². The predicted molar refractivity (Wildman–Crippen MR) is 99.9 cm³/mol. The summed E-state index contributed by atoms with van der Waals surface area (Å²) in [7, 11) is 0. The van der Waals surface area contributed by atoms with Crippen molar-refractivity contribution in [3.05, 3.63) is 71.5 Å². The number of aryl methyl sites for hydroxylation is 2. The van der Waals surface area contributed by atoms with E-state index in [-0.39, 0.29) is 0 Å². The smallest absolute Gasteiger partial charge is 0.187 e. The Morgan fingerprint density at radius 3 is 2.28 bits per heavy atom. The van der Waals surface area contributed by atoms with Gasteiger partial charge in [0.15, 0.2) is 11.2 Å². The fraction of sp³-hybridized carbons (Fsp3) is 0.158. The molecule has 2 aromatic carbocycles. The van der Waals surface area contributed by atoms with Gasteiger partial charge in [-0.15, -0.1) is 5.10 Å². The normalized spacial score (nSPS) is 11.1. The number of rotatable bonds is 4. The molecule has 0 atom stereocenters. The Balaban J connectivity index is 1.64. The van der Waals surface area contributed by atoms with Crippen LogP contribution in [0.25, 0.3) is 16.9 Å². The molecule has 0 aliphatic rings. The lowest BCUT2D eigenvalue weighted by Crippen LogP contribution is -1.98. The summed E-state index contributed by atoms with van der Waals surface area (Å²) in [5.41, 5.74) is 6.14. The van der Waals surface area contributed by atoms with E-state index in [1.807, 2.05) is 12.1 Å². The van der Waals surface area contributed by atoms with Crippen molar-refractivity contribution in [3.63, 3.8) is 0 Å². The molecule has 4 rings (SSSR count). The van der Waals surface area contributed by atoms with Gasteiger partial charge in [0.25, 0.3) is 0 Å². The number of aromatic nitrogens is 5. The zero-order chi connectivity index (χ0) is 17.2. The summed E-state index contributed by atoms with van der Waals surface area (Å²) in [6, 6.07) is 16.7. The lowest BCUT2D eigenvalue weighted by molar-refractivity contribution is 0.816. The Hall–Kier alpha value is -2.73. The molecule has 2 heterocycles. The van der Waals surface area contributed by atoms with Gasteiger partial charge in [-0.05, 0) is 31.5 Å². The third-order valence-electron chi connectivity index (χ3n) is 3.98. The minimum Gasteiger partial charge on any atom is -0.227 e. The van der Waals surface area contributed by atoms with Crippen molar-refractivity contribution in [2.45, 2.75) is 24.6 Å². The quantitative estimate of drug-likeness (QED) is 0.410. The van der Waals surface area contributed by atoms with Gasteiger partial charge in [0.2, 0.25) is 0 Å². The van der Waals surface area contributed by atoms with Crippen LogP contribution in [-0.2, 0) is 5.75 Å². The summed E-state index contributed by atoms with van der Waals surface area (Å²) in [4.78, 5) is 8.78. The lowest BCUT2D eigenvalue weighted by Gasteiger charge is -2.04. The summed E-state index contributed by atoms with van der Waals surface area (Å²) in [6.07, 6.45) is 1.58. The molecule has 2 aromatic heterocycles. The minimum atomic E-state index is 0.727. The zero-order valence-electron chi connectivity index (χ0n) is 14.0. The standard InChI is InChI=1S/C19H17N5S/c1-13-3-7-15(8-4-13)11-25-19-17-18(20-12-21-19)24(23-22-17)16-9-5-14(2)6-10-16/h3-10,12H,11H2,1-2H3. The maximum atomic E-state index is 4.40. The predicted octanol–water partition coefficient (Wildman–Crippen LogP) is 4.12. The fourth-order valence-corrected chi connectivity index (χ4v) is 3.42. The molecule has 5 nitrogen and oxygen atoms in total. The van der Waals surface area contributed by atoms with Crippen molar-refractivity contribution < 1.29 is 0 Å². The number of nitrogens with zero attached hydrogens (tertiary/aromatic N) is 5. The highest BCUT2D eigenvalue weighted by molar-refractivity contribution is 7.98. The molecule has 6 heteroatoms. The number of hydrogen-bond donors (Lipinski definition) is 0. The Morgan fingerprint density at radius 1 is 0.880 bits per heavy atom. The highest BCUT2D eigenvalue weighted by Crippen LogP contribution is 2.27. The largest absolute Gasteiger partial charge is 0.227 e. The number of thioether (sulfide) groups is 1. The minimum absolute atomic E-state index is 0.727. The van der Waals surface area contributed by atoms with Crippen molar-refractivity contribution in [2.75, 3.05) is 0 Å². The van der Waals surface area contributed by atoms with E-state index in [0.29, 0.717) is 0 Å². The van der Waals surface area contributed by atoms with E-state index in [0.717, 1.165) is 27.6 Å². The lowest BCUT2D eigenvalue weighted by atomic mass is 10.2. The monoisotopic (exact) mass is 347 g/mol. The maximum Gasteiger partial charge on any atom is 0.187 e. The molecule has 0 saturated heterocycles. The maximum absolute atomic E-state index is 4.40. The van der Waals surface area contributed by atoms with E-state index in [2.05, 4.69) is 70.5 Å². The zero-order valence-corrected chi connectivity index (χ0v) is 14.9. The van der Waals surface area contributed by atoms with Gasteiger partial charge in [0.1, 0.15) is 11.4 Å². The highest BCUT2D eigenvalue weighted by Gasteiger charge is 2.13. The van der Waals surface area contributed by atoms with Gasteiger partial charge in [-0.25, -0.2) is 9.97 Å². The summed E-state index contributed by atoms with van der Waals surface area (Å²) in [5, 5.41) is 9.44. The Labute approximate surface area is 150 Å². The SMILES string of the molecule is Cc1ccc(CSc2ncnc3c2nnn3-c2ccc(C)cc2)cc1. The van der Waals surface area contributed by atoms with Crippen LogP contribution in [0.3, 0.4) is 0 Å². The second-order valence-corrected chi connectivity index (χ2v) is 6.93. The van der Waals surface area contributed by atoms with E-state index >= 15 is 0 Å². The highest BCUT2D eigenvalue weighted by atomic mass is 32.2. The van der Waals surface area contributed by atoms with Gasteiger partial charge in [0, 0.05) is 5.75 Å². The van der Waals surface area contributed by atoms with Crippen molar-refractivity contribution in [2.24, 2.45) is 0 Å². The van der Waals surface area contributed by atoms with Gasteiger partial charge < -0.3 is 0 Å². The first-order chi connectivity index (χ1) is 12.2. The molecular weight excluding hydrogens is 330 g/mol. The first kappa shape index (κ1) is 15.8. The van der Waals surface area contributed by atoms with Crippen molar-refractivity contribution in [3.8, 4) is 5.69 Å². The first-order valence-corrected chi connectivity index (χ1v) is 9.01. The van der Waals surface area contributed by atoms with E-state index in [1.54, 1.807) is 22.8 Å². The number of hydrogen-bond acceptors (Lipinski definition) is 5. The molecule has 0 spiro atoms. The van der Waals surface area contributed by atoms with Crippen LogP contribution in [0.15, 0.2) is 59.9 Å². The molecule has 124 valence electrons. The van der Waals surface area contributed by atoms with E-state index < -0.39 is 0 Å². The Kier molecular flexibility index (Phi) is 4.19. The molecule has 0 bridgehead atoms. The van der Waals surface area contributed by atoms with E-state index in [4.69, 9.17) is 0 Å². The van der Waals surface area contributed by atoms with Crippen LogP contribution in [0.1, 0.15) is 16.7 Å².